The number of rotatable bonds is 4. The van der Waals surface area contributed by atoms with E-state index in [1.165, 1.54) is 10.5 Å². The second-order valence-electron chi connectivity index (χ2n) is 4.84. The molecule has 3 rings (SSSR count). The van der Waals surface area contributed by atoms with Crippen molar-refractivity contribution >= 4 is 11.8 Å². The molecular formula is C14H17N3OS. The largest absolute Gasteiger partial charge is 0.339 e. The summed E-state index contributed by atoms with van der Waals surface area (Å²) in [6.07, 6.45) is 1.09. The molecule has 5 heteroatoms. The Morgan fingerprint density at radius 3 is 3.21 bits per heavy atom. The van der Waals surface area contributed by atoms with E-state index in [0.29, 0.717) is 5.92 Å². The lowest BCUT2D eigenvalue weighted by atomic mass is 10.1. The lowest BCUT2D eigenvalue weighted by Crippen LogP contribution is -2.08. The first-order chi connectivity index (χ1) is 9.31. The molecule has 1 N–H and O–H groups in total. The zero-order valence-electron chi connectivity index (χ0n) is 10.9. The van der Waals surface area contributed by atoms with E-state index in [-0.39, 0.29) is 0 Å². The molecule has 0 radical (unpaired) electrons. The van der Waals surface area contributed by atoms with Crippen molar-refractivity contribution in [3.05, 3.63) is 41.5 Å². The van der Waals surface area contributed by atoms with Crippen LogP contribution in [0.4, 0.5) is 0 Å². The summed E-state index contributed by atoms with van der Waals surface area (Å²) in [4.78, 5) is 5.74. The number of benzene rings is 1. The lowest BCUT2D eigenvalue weighted by molar-refractivity contribution is 0.355. The van der Waals surface area contributed by atoms with Crippen LogP contribution in [0.5, 0.6) is 0 Å². The van der Waals surface area contributed by atoms with Crippen LogP contribution in [-0.4, -0.2) is 23.2 Å². The Morgan fingerprint density at radius 2 is 2.42 bits per heavy atom. The van der Waals surface area contributed by atoms with Gasteiger partial charge in [0.15, 0.2) is 5.82 Å². The highest BCUT2D eigenvalue weighted by Gasteiger charge is 2.22. The predicted molar refractivity (Wildman–Crippen MR) is 75.3 cm³/mol. The number of aryl methyl sites for hydroxylation is 1. The second kappa shape index (κ2) is 5.75. The minimum atomic E-state index is 0.394. The van der Waals surface area contributed by atoms with E-state index in [4.69, 9.17) is 4.52 Å². The summed E-state index contributed by atoms with van der Waals surface area (Å²) in [5.41, 5.74) is 1.27. The van der Waals surface area contributed by atoms with Crippen molar-refractivity contribution in [3.63, 3.8) is 0 Å². The van der Waals surface area contributed by atoms with Crippen molar-refractivity contribution in [3.8, 4) is 0 Å². The van der Waals surface area contributed by atoms with Crippen molar-refractivity contribution in [1.29, 1.82) is 0 Å². The van der Waals surface area contributed by atoms with Gasteiger partial charge in [0.25, 0.3) is 0 Å². The molecule has 100 valence electrons. The summed E-state index contributed by atoms with van der Waals surface area (Å²) in [6, 6.07) is 8.46. The summed E-state index contributed by atoms with van der Waals surface area (Å²) in [7, 11) is 0. The van der Waals surface area contributed by atoms with Crippen molar-refractivity contribution in [2.24, 2.45) is 0 Å². The molecule has 0 aliphatic carbocycles. The molecule has 0 bridgehead atoms. The average Bonchev–Trinajstić information content (AvgIpc) is 3.07. The molecule has 0 spiro atoms. The summed E-state index contributed by atoms with van der Waals surface area (Å²) in [5, 5.41) is 7.37. The smallest absolute Gasteiger partial charge is 0.231 e. The number of hydrogen-bond acceptors (Lipinski definition) is 5. The fourth-order valence-electron chi connectivity index (χ4n) is 2.21. The van der Waals surface area contributed by atoms with Crippen LogP contribution in [0.15, 0.2) is 33.7 Å². The van der Waals surface area contributed by atoms with Gasteiger partial charge in [-0.25, -0.2) is 0 Å². The number of thioether (sulfide) groups is 1. The van der Waals surface area contributed by atoms with Crippen molar-refractivity contribution in [2.75, 3.05) is 13.1 Å². The zero-order chi connectivity index (χ0) is 13.1. The molecule has 1 aromatic carbocycles. The minimum Gasteiger partial charge on any atom is -0.339 e. The maximum absolute atomic E-state index is 5.35. The monoisotopic (exact) mass is 275 g/mol. The molecule has 1 fully saturated rings. The SMILES string of the molecule is Cc1cccc(SCc2noc(C3CCNC3)n2)c1. The van der Waals surface area contributed by atoms with Crippen molar-refractivity contribution in [1.82, 2.24) is 15.5 Å². The van der Waals surface area contributed by atoms with E-state index in [9.17, 15) is 0 Å². The molecule has 4 nitrogen and oxygen atoms in total. The zero-order valence-corrected chi connectivity index (χ0v) is 11.7. The van der Waals surface area contributed by atoms with Gasteiger partial charge in [0, 0.05) is 11.4 Å². The number of hydrogen-bond donors (Lipinski definition) is 1. The lowest BCUT2D eigenvalue weighted by Gasteiger charge is -2.00. The van der Waals surface area contributed by atoms with Gasteiger partial charge in [-0.3, -0.25) is 0 Å². The molecular weight excluding hydrogens is 258 g/mol. The van der Waals surface area contributed by atoms with Crippen LogP contribution < -0.4 is 5.32 Å². The molecule has 2 heterocycles. The van der Waals surface area contributed by atoms with Crippen LogP contribution in [0.1, 0.15) is 29.6 Å². The van der Waals surface area contributed by atoms with Gasteiger partial charge in [-0.15, -0.1) is 11.8 Å². The molecule has 1 unspecified atom stereocenters. The van der Waals surface area contributed by atoms with E-state index in [1.807, 2.05) is 0 Å². The van der Waals surface area contributed by atoms with Crippen LogP contribution >= 0.6 is 11.8 Å². The second-order valence-corrected chi connectivity index (χ2v) is 5.89. The van der Waals surface area contributed by atoms with Crippen molar-refractivity contribution < 1.29 is 4.52 Å². The Hall–Kier alpha value is -1.33. The third kappa shape index (κ3) is 3.16. The highest BCUT2D eigenvalue weighted by atomic mass is 32.2. The molecule has 1 aliphatic heterocycles. The summed E-state index contributed by atoms with van der Waals surface area (Å²) in [5.74, 6) is 2.72. The molecule has 0 saturated carbocycles. The van der Waals surface area contributed by atoms with Crippen LogP contribution in [0, 0.1) is 6.92 Å². The van der Waals surface area contributed by atoms with Gasteiger partial charge in [-0.05, 0) is 32.0 Å². The van der Waals surface area contributed by atoms with Gasteiger partial charge in [-0.2, -0.15) is 4.98 Å². The van der Waals surface area contributed by atoms with Crippen LogP contribution in [0.3, 0.4) is 0 Å². The first kappa shape index (κ1) is 12.7. The normalized spacial score (nSPS) is 18.9. The Morgan fingerprint density at radius 1 is 1.47 bits per heavy atom. The first-order valence-electron chi connectivity index (χ1n) is 6.54. The van der Waals surface area contributed by atoms with Gasteiger partial charge in [0.05, 0.1) is 11.7 Å². The average molecular weight is 275 g/mol. The van der Waals surface area contributed by atoms with E-state index in [0.717, 1.165) is 37.0 Å². The predicted octanol–water partition coefficient (Wildman–Crippen LogP) is 2.75. The van der Waals surface area contributed by atoms with Gasteiger partial charge >= 0.3 is 0 Å². The third-order valence-electron chi connectivity index (χ3n) is 3.25. The van der Waals surface area contributed by atoms with E-state index < -0.39 is 0 Å². The molecule has 1 saturated heterocycles. The van der Waals surface area contributed by atoms with E-state index >= 15 is 0 Å². The van der Waals surface area contributed by atoms with Gasteiger partial charge in [0.2, 0.25) is 5.89 Å². The topological polar surface area (TPSA) is 51.0 Å². The Balaban J connectivity index is 1.61. The highest BCUT2D eigenvalue weighted by Crippen LogP contribution is 2.24. The van der Waals surface area contributed by atoms with Gasteiger partial charge in [0.1, 0.15) is 0 Å². The summed E-state index contributed by atoms with van der Waals surface area (Å²) in [6.45, 7) is 4.09. The van der Waals surface area contributed by atoms with Gasteiger partial charge < -0.3 is 9.84 Å². The van der Waals surface area contributed by atoms with Crippen LogP contribution in [-0.2, 0) is 5.75 Å². The van der Waals surface area contributed by atoms with Crippen LogP contribution in [0.2, 0.25) is 0 Å². The Bertz CT molecular complexity index is 549. The first-order valence-corrected chi connectivity index (χ1v) is 7.52. The fourth-order valence-corrected chi connectivity index (χ4v) is 3.07. The standard InChI is InChI=1S/C14H17N3OS/c1-10-3-2-4-12(7-10)19-9-13-16-14(18-17-13)11-5-6-15-8-11/h2-4,7,11,15H,5-6,8-9H2,1H3. The Labute approximate surface area is 117 Å². The van der Waals surface area contributed by atoms with E-state index in [1.54, 1.807) is 11.8 Å². The van der Waals surface area contributed by atoms with Gasteiger partial charge in [-0.1, -0.05) is 22.9 Å². The maximum Gasteiger partial charge on any atom is 0.231 e. The maximum atomic E-state index is 5.35. The fraction of sp³-hybridized carbons (Fsp3) is 0.429. The quantitative estimate of drug-likeness (QED) is 0.870. The molecule has 1 aliphatic rings. The molecule has 1 atom stereocenters. The Kier molecular flexibility index (Phi) is 3.84. The minimum absolute atomic E-state index is 0.394. The molecule has 1 aromatic heterocycles. The third-order valence-corrected chi connectivity index (χ3v) is 4.24. The molecule has 19 heavy (non-hydrogen) atoms. The highest BCUT2D eigenvalue weighted by molar-refractivity contribution is 7.98. The number of nitrogens with one attached hydrogen (secondary N) is 1. The number of aromatic nitrogens is 2. The number of nitrogens with zero attached hydrogens (tertiary/aromatic N) is 2. The van der Waals surface area contributed by atoms with E-state index in [2.05, 4.69) is 46.6 Å². The summed E-state index contributed by atoms with van der Waals surface area (Å²) >= 11 is 1.74. The van der Waals surface area contributed by atoms with Crippen LogP contribution in [0.25, 0.3) is 0 Å². The summed E-state index contributed by atoms with van der Waals surface area (Å²) < 4.78 is 5.35. The van der Waals surface area contributed by atoms with Crippen molar-refractivity contribution in [2.45, 2.75) is 29.9 Å². The molecule has 0 amide bonds. The molecule has 2 aromatic rings.